The molecule has 0 atom stereocenters. The maximum atomic E-state index is 12.0. The molecule has 0 bridgehead atoms. The van der Waals surface area contributed by atoms with Gasteiger partial charge in [-0.25, -0.2) is 0 Å². The van der Waals surface area contributed by atoms with Crippen LogP contribution in [0.25, 0.3) is 0 Å². The standard InChI is InChI=1S/C22H28O2/c1-6-9-18(7-2)11-12-19(23)16-20(24)13-14-21-17(3)10-8-15-22(21,4)5/h6-7,9,11-14,16,23H,1-2,8,10,15H2,3-5H3/b12-11+,14-13+,18-9+,19-16-. The number of aliphatic hydroxyl groups is 1. The minimum Gasteiger partial charge on any atom is -0.508 e. The van der Waals surface area contributed by atoms with E-state index in [2.05, 4.69) is 33.9 Å². The van der Waals surface area contributed by atoms with Crippen LogP contribution in [-0.2, 0) is 4.79 Å². The highest BCUT2D eigenvalue weighted by molar-refractivity contribution is 6.00. The van der Waals surface area contributed by atoms with Gasteiger partial charge in [0.2, 0.25) is 0 Å². The van der Waals surface area contributed by atoms with Crippen LogP contribution in [0.3, 0.4) is 0 Å². The molecule has 0 aromatic carbocycles. The summed E-state index contributed by atoms with van der Waals surface area (Å²) in [7, 11) is 0. The van der Waals surface area contributed by atoms with Gasteiger partial charge in [0, 0.05) is 6.08 Å². The van der Waals surface area contributed by atoms with Crippen molar-refractivity contribution in [2.45, 2.75) is 40.0 Å². The van der Waals surface area contributed by atoms with Crippen molar-refractivity contribution in [3.8, 4) is 0 Å². The molecule has 0 heterocycles. The number of carbonyl (C=O) groups excluding carboxylic acids is 1. The van der Waals surface area contributed by atoms with E-state index in [0.29, 0.717) is 0 Å². The van der Waals surface area contributed by atoms with Crippen LogP contribution in [0.2, 0.25) is 0 Å². The second-order valence-electron chi connectivity index (χ2n) is 6.68. The van der Waals surface area contributed by atoms with Gasteiger partial charge in [0.1, 0.15) is 5.76 Å². The number of hydrogen-bond donors (Lipinski definition) is 1. The fourth-order valence-electron chi connectivity index (χ4n) is 2.93. The molecule has 0 spiro atoms. The number of hydrogen-bond acceptors (Lipinski definition) is 2. The molecule has 0 aromatic rings. The quantitative estimate of drug-likeness (QED) is 0.358. The Kier molecular flexibility index (Phi) is 7.44. The maximum absolute atomic E-state index is 12.0. The van der Waals surface area contributed by atoms with Crippen molar-refractivity contribution < 1.29 is 9.90 Å². The molecule has 24 heavy (non-hydrogen) atoms. The third-order valence-corrected chi connectivity index (χ3v) is 4.24. The van der Waals surface area contributed by atoms with E-state index < -0.39 is 0 Å². The van der Waals surface area contributed by atoms with E-state index in [1.165, 1.54) is 35.8 Å². The van der Waals surface area contributed by atoms with Crippen LogP contribution in [0.4, 0.5) is 0 Å². The molecule has 0 radical (unpaired) electrons. The highest BCUT2D eigenvalue weighted by Crippen LogP contribution is 2.40. The zero-order valence-electron chi connectivity index (χ0n) is 15.0. The number of rotatable bonds is 7. The van der Waals surface area contributed by atoms with Crippen molar-refractivity contribution in [1.29, 1.82) is 0 Å². The van der Waals surface area contributed by atoms with E-state index in [4.69, 9.17) is 0 Å². The second-order valence-corrected chi connectivity index (χ2v) is 6.68. The smallest absolute Gasteiger partial charge is 0.182 e. The number of carbonyl (C=O) groups is 1. The molecule has 128 valence electrons. The summed E-state index contributed by atoms with van der Waals surface area (Å²) in [6.07, 6.45) is 16.2. The van der Waals surface area contributed by atoms with Crippen LogP contribution in [-0.4, -0.2) is 10.9 Å². The minimum atomic E-state index is -0.230. The molecule has 0 saturated heterocycles. The van der Waals surface area contributed by atoms with E-state index in [1.54, 1.807) is 24.3 Å². The van der Waals surface area contributed by atoms with Gasteiger partial charge in [-0.05, 0) is 54.9 Å². The van der Waals surface area contributed by atoms with Crippen LogP contribution >= 0.6 is 0 Å². The lowest BCUT2D eigenvalue weighted by Crippen LogP contribution is -2.19. The number of ketones is 1. The highest BCUT2D eigenvalue weighted by Gasteiger charge is 2.26. The summed E-state index contributed by atoms with van der Waals surface area (Å²) in [6, 6.07) is 0. The van der Waals surface area contributed by atoms with Gasteiger partial charge in [0.15, 0.2) is 5.78 Å². The first-order chi connectivity index (χ1) is 11.3. The number of aliphatic hydroxyl groups excluding tert-OH is 1. The first kappa shape index (κ1) is 19.7. The summed E-state index contributed by atoms with van der Waals surface area (Å²) in [5, 5.41) is 9.84. The van der Waals surface area contributed by atoms with E-state index in [1.807, 2.05) is 6.08 Å². The second kappa shape index (κ2) is 9.07. The monoisotopic (exact) mass is 324 g/mol. The van der Waals surface area contributed by atoms with Crippen molar-refractivity contribution in [1.82, 2.24) is 0 Å². The zero-order chi connectivity index (χ0) is 18.2. The van der Waals surface area contributed by atoms with Crippen molar-refractivity contribution in [2.75, 3.05) is 0 Å². The molecule has 1 rings (SSSR count). The summed E-state index contributed by atoms with van der Waals surface area (Å²) < 4.78 is 0. The summed E-state index contributed by atoms with van der Waals surface area (Å²) >= 11 is 0. The molecule has 1 aliphatic rings. The Morgan fingerprint density at radius 3 is 2.50 bits per heavy atom. The largest absolute Gasteiger partial charge is 0.508 e. The van der Waals surface area contributed by atoms with Gasteiger partial charge < -0.3 is 5.11 Å². The SMILES string of the molecule is C=C/C=C(C=C)/C=C/C(O)=C/C(=O)/C=C/C1=C(C)CCCC1(C)C. The van der Waals surface area contributed by atoms with Crippen LogP contribution in [0.15, 0.2) is 84.2 Å². The van der Waals surface area contributed by atoms with Crippen molar-refractivity contribution in [2.24, 2.45) is 5.41 Å². The minimum absolute atomic E-state index is 0.0879. The molecule has 1 N–H and O–H groups in total. The lowest BCUT2D eigenvalue weighted by Gasteiger charge is -2.32. The van der Waals surface area contributed by atoms with Crippen molar-refractivity contribution in [3.63, 3.8) is 0 Å². The van der Waals surface area contributed by atoms with E-state index in [-0.39, 0.29) is 17.0 Å². The average molecular weight is 324 g/mol. The Morgan fingerprint density at radius 1 is 1.21 bits per heavy atom. The Morgan fingerprint density at radius 2 is 1.92 bits per heavy atom. The van der Waals surface area contributed by atoms with Gasteiger partial charge in [0.25, 0.3) is 0 Å². The number of allylic oxidation sites excluding steroid dienone is 11. The lowest BCUT2D eigenvalue weighted by molar-refractivity contribution is -0.110. The Bertz CT molecular complexity index is 649. The predicted octanol–water partition coefficient (Wildman–Crippen LogP) is 5.93. The first-order valence-electron chi connectivity index (χ1n) is 8.26. The van der Waals surface area contributed by atoms with Gasteiger partial charge in [-0.3, -0.25) is 4.79 Å². The van der Waals surface area contributed by atoms with Crippen LogP contribution in [0.1, 0.15) is 40.0 Å². The topological polar surface area (TPSA) is 37.3 Å². The van der Waals surface area contributed by atoms with E-state index in [9.17, 15) is 9.90 Å². The van der Waals surface area contributed by atoms with Gasteiger partial charge in [0.05, 0.1) is 0 Å². The Labute approximate surface area is 146 Å². The fourth-order valence-corrected chi connectivity index (χ4v) is 2.93. The zero-order valence-corrected chi connectivity index (χ0v) is 15.0. The molecule has 0 unspecified atom stereocenters. The molecular weight excluding hydrogens is 296 g/mol. The van der Waals surface area contributed by atoms with Gasteiger partial charge in [-0.15, -0.1) is 0 Å². The third kappa shape index (κ3) is 6.04. The molecule has 0 fully saturated rings. The normalized spacial score (nSPS) is 19.1. The maximum Gasteiger partial charge on any atom is 0.182 e. The van der Waals surface area contributed by atoms with Crippen LogP contribution in [0.5, 0.6) is 0 Å². The molecule has 0 saturated carbocycles. The highest BCUT2D eigenvalue weighted by atomic mass is 16.3. The van der Waals surface area contributed by atoms with Gasteiger partial charge in [-0.2, -0.15) is 0 Å². The van der Waals surface area contributed by atoms with Crippen LogP contribution in [0, 0.1) is 5.41 Å². The molecular formula is C22H28O2. The fraction of sp³-hybridized carbons (Fsp3) is 0.318. The van der Waals surface area contributed by atoms with Gasteiger partial charge in [-0.1, -0.05) is 63.0 Å². The van der Waals surface area contributed by atoms with Crippen molar-refractivity contribution >= 4 is 5.78 Å². The summed E-state index contributed by atoms with van der Waals surface area (Å²) in [4.78, 5) is 12.0. The summed E-state index contributed by atoms with van der Waals surface area (Å²) in [5.41, 5.74) is 3.47. The van der Waals surface area contributed by atoms with E-state index in [0.717, 1.165) is 18.4 Å². The van der Waals surface area contributed by atoms with E-state index >= 15 is 0 Å². The lowest BCUT2D eigenvalue weighted by atomic mass is 9.72. The Balaban J connectivity index is 2.84. The third-order valence-electron chi connectivity index (χ3n) is 4.24. The molecule has 0 amide bonds. The van der Waals surface area contributed by atoms with Gasteiger partial charge >= 0.3 is 0 Å². The molecule has 2 heteroatoms. The summed E-state index contributed by atoms with van der Waals surface area (Å²) in [6.45, 7) is 13.8. The van der Waals surface area contributed by atoms with Crippen LogP contribution < -0.4 is 0 Å². The first-order valence-corrected chi connectivity index (χ1v) is 8.26. The predicted molar refractivity (Wildman–Crippen MR) is 103 cm³/mol. The molecule has 0 aliphatic heterocycles. The molecule has 1 aliphatic carbocycles. The Hall–Kier alpha value is -2.35. The molecule has 0 aromatic heterocycles. The van der Waals surface area contributed by atoms with Crippen molar-refractivity contribution in [3.05, 3.63) is 84.2 Å². The summed E-state index contributed by atoms with van der Waals surface area (Å²) in [5.74, 6) is -0.318. The molecule has 2 nitrogen and oxygen atoms in total. The average Bonchev–Trinajstić information content (AvgIpc) is 2.50.